The van der Waals surface area contributed by atoms with Crippen LogP contribution in [0.3, 0.4) is 0 Å². The third-order valence-electron chi connectivity index (χ3n) is 9.88. The Morgan fingerprint density at radius 3 is 2.81 bits per heavy atom. The van der Waals surface area contributed by atoms with Gasteiger partial charge in [-0.1, -0.05) is 31.6 Å². The molecule has 1 heterocycles. The van der Waals surface area contributed by atoms with E-state index in [4.69, 9.17) is 9.47 Å². The molecular formula is C26H36O5. The van der Waals surface area contributed by atoms with Crippen molar-refractivity contribution in [2.24, 2.45) is 34.5 Å². The van der Waals surface area contributed by atoms with E-state index in [1.165, 1.54) is 11.1 Å². The van der Waals surface area contributed by atoms with Crippen molar-refractivity contribution >= 4 is 11.9 Å². The molecule has 1 aliphatic heterocycles. The molecule has 5 rings (SSSR count). The minimum atomic E-state index is -0.827. The molecule has 0 amide bonds. The highest BCUT2D eigenvalue weighted by molar-refractivity contribution is 5.96. The first-order valence-corrected chi connectivity index (χ1v) is 12.1. The minimum absolute atomic E-state index is 0.0126. The van der Waals surface area contributed by atoms with E-state index in [2.05, 4.69) is 32.9 Å². The van der Waals surface area contributed by atoms with Gasteiger partial charge in [-0.05, 0) is 81.1 Å². The maximum Gasteiger partial charge on any atom is 0.321 e. The number of hydrogen-bond donors (Lipinski definition) is 1. The summed E-state index contributed by atoms with van der Waals surface area (Å²) in [6, 6.07) is 0. The van der Waals surface area contributed by atoms with E-state index in [1.807, 2.05) is 0 Å². The van der Waals surface area contributed by atoms with Crippen LogP contribution in [0.5, 0.6) is 0 Å². The van der Waals surface area contributed by atoms with Crippen LogP contribution in [0.15, 0.2) is 23.3 Å². The molecule has 1 N–H and O–H groups in total. The Morgan fingerprint density at radius 2 is 2.06 bits per heavy atom. The topological polar surface area (TPSA) is 72.8 Å². The van der Waals surface area contributed by atoms with Crippen LogP contribution < -0.4 is 0 Å². The second-order valence-corrected chi connectivity index (χ2v) is 11.3. The number of carbonyl (C=O) groups is 2. The predicted octanol–water partition coefficient (Wildman–Crippen LogP) is 4.34. The van der Waals surface area contributed by atoms with E-state index < -0.39 is 29.6 Å². The zero-order chi connectivity index (χ0) is 22.2. The van der Waals surface area contributed by atoms with E-state index in [-0.39, 0.29) is 23.4 Å². The molecule has 2 saturated carbocycles. The molecule has 5 nitrogen and oxygen atoms in total. The molecule has 5 aliphatic rings. The molecule has 6 unspecified atom stereocenters. The number of carbonyl (C=O) groups excluding carboxylic acids is 2. The van der Waals surface area contributed by atoms with Crippen LogP contribution >= 0.6 is 0 Å². The first-order chi connectivity index (χ1) is 14.6. The molecule has 170 valence electrons. The molecular weight excluding hydrogens is 392 g/mol. The standard InChI is InChI=1S/C26H36O5/c1-5-30-22(28)18-13-26(31-23(18)29)11-9-19-17-7-6-16-12-15(2)8-10-24(16,3)21(17)20(27)14-25(19,26)4/h6,12,17-21,27H,5,7-11,13-14H2,1-4H3/t17?,18?,19?,20-,21?,24?,25?,26-/m1/s1. The van der Waals surface area contributed by atoms with Gasteiger partial charge in [-0.3, -0.25) is 9.59 Å². The largest absolute Gasteiger partial charge is 0.465 e. The fraction of sp³-hybridized carbons (Fsp3) is 0.769. The first-order valence-electron chi connectivity index (χ1n) is 12.1. The van der Waals surface area contributed by atoms with Gasteiger partial charge in [-0.2, -0.15) is 0 Å². The normalized spacial score (nSPS) is 48.3. The Labute approximate surface area is 185 Å². The maximum absolute atomic E-state index is 12.7. The number of aliphatic hydroxyl groups is 1. The average Bonchev–Trinajstić information content (AvgIpc) is 3.19. The molecule has 0 aromatic heterocycles. The molecule has 0 radical (unpaired) electrons. The SMILES string of the molecule is CCOC(=O)C1C[C@@]2(CCC3C4CC=C5C=C(C)CCC5(C)C4[C@H](O)CC32C)OC1=O. The summed E-state index contributed by atoms with van der Waals surface area (Å²) in [5, 5.41) is 11.6. The average molecular weight is 429 g/mol. The van der Waals surface area contributed by atoms with Crippen molar-refractivity contribution < 1.29 is 24.2 Å². The molecule has 0 aromatic carbocycles. The minimum Gasteiger partial charge on any atom is -0.465 e. The van der Waals surface area contributed by atoms with Crippen LogP contribution in [0.2, 0.25) is 0 Å². The van der Waals surface area contributed by atoms with Gasteiger partial charge in [0, 0.05) is 11.8 Å². The predicted molar refractivity (Wildman–Crippen MR) is 116 cm³/mol. The van der Waals surface area contributed by atoms with E-state index >= 15 is 0 Å². The lowest BCUT2D eigenvalue weighted by molar-refractivity contribution is -0.182. The zero-order valence-corrected chi connectivity index (χ0v) is 19.3. The summed E-state index contributed by atoms with van der Waals surface area (Å²) in [5.41, 5.74) is 1.87. The van der Waals surface area contributed by atoms with E-state index in [1.54, 1.807) is 6.92 Å². The third-order valence-corrected chi connectivity index (χ3v) is 9.88. The number of aliphatic hydroxyl groups excluding tert-OH is 1. The van der Waals surface area contributed by atoms with Crippen LogP contribution in [0, 0.1) is 34.5 Å². The lowest BCUT2D eigenvalue weighted by atomic mass is 9.46. The molecule has 8 atom stereocenters. The van der Waals surface area contributed by atoms with Gasteiger partial charge >= 0.3 is 11.9 Å². The van der Waals surface area contributed by atoms with E-state index in [0.717, 1.165) is 32.1 Å². The fourth-order valence-electron chi connectivity index (χ4n) is 8.32. The highest BCUT2D eigenvalue weighted by atomic mass is 16.6. The van der Waals surface area contributed by atoms with Crippen molar-refractivity contribution in [2.75, 3.05) is 6.61 Å². The van der Waals surface area contributed by atoms with Gasteiger partial charge < -0.3 is 14.6 Å². The van der Waals surface area contributed by atoms with Gasteiger partial charge in [0.15, 0.2) is 5.92 Å². The van der Waals surface area contributed by atoms with Gasteiger partial charge in [0.2, 0.25) is 0 Å². The van der Waals surface area contributed by atoms with Crippen LogP contribution in [-0.4, -0.2) is 35.4 Å². The van der Waals surface area contributed by atoms with Gasteiger partial charge in [-0.15, -0.1) is 0 Å². The Hall–Kier alpha value is -1.62. The number of allylic oxidation sites excluding steroid dienone is 4. The van der Waals surface area contributed by atoms with Gasteiger partial charge in [0.1, 0.15) is 5.60 Å². The van der Waals surface area contributed by atoms with Crippen LogP contribution in [0.4, 0.5) is 0 Å². The van der Waals surface area contributed by atoms with Crippen LogP contribution in [-0.2, 0) is 19.1 Å². The molecule has 5 heteroatoms. The summed E-state index contributed by atoms with van der Waals surface area (Å²) in [6.45, 7) is 8.78. The van der Waals surface area contributed by atoms with Crippen molar-refractivity contribution in [3.8, 4) is 0 Å². The molecule has 0 bridgehead atoms. The molecule has 3 fully saturated rings. The van der Waals surface area contributed by atoms with E-state index in [0.29, 0.717) is 24.7 Å². The highest BCUT2D eigenvalue weighted by Gasteiger charge is 2.70. The fourth-order valence-corrected chi connectivity index (χ4v) is 8.32. The van der Waals surface area contributed by atoms with E-state index in [9.17, 15) is 14.7 Å². The molecule has 4 aliphatic carbocycles. The summed E-state index contributed by atoms with van der Waals surface area (Å²) < 4.78 is 11.2. The zero-order valence-electron chi connectivity index (χ0n) is 19.3. The van der Waals surface area contributed by atoms with Crippen molar-refractivity contribution in [1.82, 2.24) is 0 Å². The first kappa shape index (κ1) is 21.2. The number of esters is 2. The quantitative estimate of drug-likeness (QED) is 0.523. The third kappa shape index (κ3) is 2.77. The molecule has 0 aromatic rings. The molecule has 1 spiro atoms. The second-order valence-electron chi connectivity index (χ2n) is 11.3. The van der Waals surface area contributed by atoms with Gasteiger partial charge in [-0.25, -0.2) is 0 Å². The Bertz CT molecular complexity index is 873. The Balaban J connectivity index is 1.48. The van der Waals surface area contributed by atoms with Crippen molar-refractivity contribution in [3.63, 3.8) is 0 Å². The lowest BCUT2D eigenvalue weighted by Gasteiger charge is -2.59. The number of ether oxygens (including phenoxy) is 2. The Morgan fingerprint density at radius 1 is 1.29 bits per heavy atom. The summed E-state index contributed by atoms with van der Waals surface area (Å²) in [7, 11) is 0. The summed E-state index contributed by atoms with van der Waals surface area (Å²) in [6.07, 6.45) is 10.3. The van der Waals surface area contributed by atoms with Crippen LogP contribution in [0.25, 0.3) is 0 Å². The van der Waals surface area contributed by atoms with Crippen LogP contribution in [0.1, 0.15) is 72.6 Å². The van der Waals surface area contributed by atoms with Gasteiger partial charge in [0.25, 0.3) is 0 Å². The van der Waals surface area contributed by atoms with Gasteiger partial charge in [0.05, 0.1) is 12.7 Å². The highest BCUT2D eigenvalue weighted by Crippen LogP contribution is 2.69. The van der Waals surface area contributed by atoms with Crippen molar-refractivity contribution in [3.05, 3.63) is 23.3 Å². The Kier molecular flexibility index (Phi) is 4.75. The number of fused-ring (bicyclic) bond motifs is 6. The summed E-state index contributed by atoms with van der Waals surface area (Å²) >= 11 is 0. The van der Waals surface area contributed by atoms with Crippen molar-refractivity contribution in [1.29, 1.82) is 0 Å². The maximum atomic E-state index is 12.7. The molecule has 31 heavy (non-hydrogen) atoms. The van der Waals surface area contributed by atoms with Crippen molar-refractivity contribution in [2.45, 2.75) is 84.3 Å². The summed E-state index contributed by atoms with van der Waals surface area (Å²) in [5.74, 6) is -0.726. The summed E-state index contributed by atoms with van der Waals surface area (Å²) in [4.78, 5) is 25.1. The smallest absolute Gasteiger partial charge is 0.321 e. The number of hydrogen-bond acceptors (Lipinski definition) is 5. The lowest BCUT2D eigenvalue weighted by Crippen LogP contribution is -2.59. The monoisotopic (exact) mass is 428 g/mol. The molecule has 1 saturated heterocycles. The number of rotatable bonds is 2. The second kappa shape index (κ2) is 6.94.